The van der Waals surface area contributed by atoms with E-state index in [2.05, 4.69) is 20.6 Å². The van der Waals surface area contributed by atoms with Crippen LogP contribution in [0, 0.1) is 0 Å². The quantitative estimate of drug-likeness (QED) is 0.654. The van der Waals surface area contributed by atoms with E-state index in [4.69, 9.17) is 5.11 Å². The van der Waals surface area contributed by atoms with Gasteiger partial charge in [-0.05, 0) is 44.7 Å². The van der Waals surface area contributed by atoms with Gasteiger partial charge >= 0.3 is 0 Å². The zero-order valence-corrected chi connectivity index (χ0v) is 14.3. The summed E-state index contributed by atoms with van der Waals surface area (Å²) in [5.41, 5.74) is 1.19. The maximum Gasteiger partial charge on any atom is 0.251 e. The molecular formula is C18H24N4O3. The number of hydrogen-bond donors (Lipinski definition) is 4. The number of benzene rings is 1. The van der Waals surface area contributed by atoms with E-state index in [1.54, 1.807) is 25.3 Å². The van der Waals surface area contributed by atoms with Crippen LogP contribution in [0.4, 0.5) is 5.95 Å². The molecular weight excluding hydrogens is 320 g/mol. The molecule has 25 heavy (non-hydrogen) atoms. The third kappa shape index (κ3) is 4.43. The Morgan fingerprint density at radius 1 is 1.32 bits per heavy atom. The molecule has 1 heterocycles. The number of rotatable bonds is 5. The summed E-state index contributed by atoms with van der Waals surface area (Å²) in [5, 5.41) is 25.5. The summed E-state index contributed by atoms with van der Waals surface area (Å²) in [7, 11) is 0. The number of hydrogen-bond acceptors (Lipinski definition) is 6. The standard InChI is InChI=1S/C18H24N4O3/c1-11(10-23)20-17(25)12-2-3-13-9-19-18(22-16(13)8-12)21-14-4-6-15(24)7-5-14/h2-3,8-9,11,14-15,23-24H,4-7,10H2,1H3,(H,20,25)(H,19,21,22)/t11-,14?,15?/m1/s1. The number of anilines is 1. The minimum atomic E-state index is -0.299. The maximum absolute atomic E-state index is 12.2. The zero-order valence-electron chi connectivity index (χ0n) is 14.3. The Morgan fingerprint density at radius 2 is 2.08 bits per heavy atom. The molecule has 0 unspecified atom stereocenters. The van der Waals surface area contributed by atoms with E-state index in [1.807, 2.05) is 6.07 Å². The number of fused-ring (bicyclic) bond motifs is 1. The molecule has 7 heteroatoms. The molecule has 1 atom stereocenters. The first kappa shape index (κ1) is 17.6. The molecule has 1 aromatic heterocycles. The van der Waals surface area contributed by atoms with E-state index in [1.165, 1.54) is 0 Å². The van der Waals surface area contributed by atoms with E-state index in [0.29, 0.717) is 17.0 Å². The van der Waals surface area contributed by atoms with Gasteiger partial charge in [0.25, 0.3) is 5.91 Å². The van der Waals surface area contributed by atoms with E-state index < -0.39 is 0 Å². The zero-order chi connectivity index (χ0) is 17.8. The largest absolute Gasteiger partial charge is 0.394 e. The van der Waals surface area contributed by atoms with Crippen LogP contribution < -0.4 is 10.6 Å². The first-order chi connectivity index (χ1) is 12.0. The number of carbonyl (C=O) groups excluding carboxylic acids is 1. The molecule has 134 valence electrons. The monoisotopic (exact) mass is 344 g/mol. The average molecular weight is 344 g/mol. The van der Waals surface area contributed by atoms with Crippen LogP contribution in [0.1, 0.15) is 43.0 Å². The van der Waals surface area contributed by atoms with Crippen LogP contribution in [-0.2, 0) is 0 Å². The van der Waals surface area contributed by atoms with Gasteiger partial charge in [0, 0.05) is 29.2 Å². The molecule has 1 saturated carbocycles. The summed E-state index contributed by atoms with van der Waals surface area (Å²) in [6, 6.07) is 5.23. The summed E-state index contributed by atoms with van der Waals surface area (Å²) in [6.07, 6.45) is 4.91. The van der Waals surface area contributed by atoms with Crippen molar-refractivity contribution in [3.05, 3.63) is 30.0 Å². The fourth-order valence-electron chi connectivity index (χ4n) is 2.99. The molecule has 3 rings (SSSR count). The third-order valence-corrected chi connectivity index (χ3v) is 4.53. The van der Waals surface area contributed by atoms with Crippen LogP contribution in [0.15, 0.2) is 24.4 Å². The summed E-state index contributed by atoms with van der Waals surface area (Å²) in [4.78, 5) is 21.0. The SMILES string of the molecule is C[C@H](CO)NC(=O)c1ccc2cnc(NC3CCC(O)CC3)nc2c1. The second-order valence-corrected chi connectivity index (χ2v) is 6.67. The third-order valence-electron chi connectivity index (χ3n) is 4.53. The Kier molecular flexibility index (Phi) is 5.45. The molecule has 4 N–H and O–H groups in total. The second-order valence-electron chi connectivity index (χ2n) is 6.67. The molecule has 1 amide bonds. The number of nitrogens with zero attached hydrogens (tertiary/aromatic N) is 2. The Labute approximate surface area is 146 Å². The van der Waals surface area contributed by atoms with Crippen molar-refractivity contribution in [1.82, 2.24) is 15.3 Å². The molecule has 1 fully saturated rings. The van der Waals surface area contributed by atoms with Crippen LogP contribution in [0.3, 0.4) is 0 Å². The number of carbonyl (C=O) groups is 1. The highest BCUT2D eigenvalue weighted by atomic mass is 16.3. The molecule has 1 aromatic carbocycles. The van der Waals surface area contributed by atoms with Crippen LogP contribution >= 0.6 is 0 Å². The van der Waals surface area contributed by atoms with Crippen LogP contribution in [0.25, 0.3) is 10.9 Å². The second kappa shape index (κ2) is 7.76. The molecule has 0 radical (unpaired) electrons. The topological polar surface area (TPSA) is 107 Å². The van der Waals surface area contributed by atoms with E-state index in [9.17, 15) is 9.90 Å². The molecule has 1 aliphatic carbocycles. The van der Waals surface area contributed by atoms with Crippen molar-refractivity contribution in [3.63, 3.8) is 0 Å². The van der Waals surface area contributed by atoms with Crippen molar-refractivity contribution >= 4 is 22.8 Å². The molecule has 0 spiro atoms. The van der Waals surface area contributed by atoms with Gasteiger partial charge in [-0.3, -0.25) is 4.79 Å². The fourth-order valence-corrected chi connectivity index (χ4v) is 2.99. The minimum Gasteiger partial charge on any atom is -0.394 e. The lowest BCUT2D eigenvalue weighted by Gasteiger charge is -2.26. The van der Waals surface area contributed by atoms with Gasteiger partial charge in [0.2, 0.25) is 5.95 Å². The molecule has 0 bridgehead atoms. The summed E-state index contributed by atoms with van der Waals surface area (Å²) in [6.45, 7) is 1.63. The predicted octanol–water partition coefficient (Wildman–Crippen LogP) is 1.46. The predicted molar refractivity (Wildman–Crippen MR) is 95.4 cm³/mol. The maximum atomic E-state index is 12.2. The van der Waals surface area contributed by atoms with Crippen molar-refractivity contribution in [2.45, 2.75) is 50.8 Å². The first-order valence-corrected chi connectivity index (χ1v) is 8.68. The van der Waals surface area contributed by atoms with Gasteiger partial charge in [-0.15, -0.1) is 0 Å². The highest BCUT2D eigenvalue weighted by molar-refractivity contribution is 5.97. The summed E-state index contributed by atoms with van der Waals surface area (Å²) < 4.78 is 0. The lowest BCUT2D eigenvalue weighted by Crippen LogP contribution is -2.34. The molecule has 1 aliphatic rings. The highest BCUT2D eigenvalue weighted by Crippen LogP contribution is 2.22. The Morgan fingerprint density at radius 3 is 2.80 bits per heavy atom. The minimum absolute atomic E-state index is 0.106. The Balaban J connectivity index is 1.75. The lowest BCUT2D eigenvalue weighted by atomic mass is 9.93. The van der Waals surface area contributed by atoms with E-state index >= 15 is 0 Å². The molecule has 7 nitrogen and oxygen atoms in total. The summed E-state index contributed by atoms with van der Waals surface area (Å²) in [5.74, 6) is 0.299. The first-order valence-electron chi connectivity index (χ1n) is 8.68. The van der Waals surface area contributed by atoms with Crippen molar-refractivity contribution in [2.24, 2.45) is 0 Å². The molecule has 0 saturated heterocycles. The lowest BCUT2D eigenvalue weighted by molar-refractivity contribution is 0.0922. The van der Waals surface area contributed by atoms with Gasteiger partial charge in [0.1, 0.15) is 0 Å². The fraction of sp³-hybridized carbons (Fsp3) is 0.500. The smallest absolute Gasteiger partial charge is 0.251 e. The number of aliphatic hydroxyl groups is 2. The number of aliphatic hydroxyl groups excluding tert-OH is 2. The van der Waals surface area contributed by atoms with Crippen molar-refractivity contribution in [3.8, 4) is 0 Å². The average Bonchev–Trinajstić information content (AvgIpc) is 2.63. The van der Waals surface area contributed by atoms with Crippen molar-refractivity contribution < 1.29 is 15.0 Å². The van der Waals surface area contributed by atoms with Gasteiger partial charge in [-0.25, -0.2) is 9.97 Å². The van der Waals surface area contributed by atoms with Gasteiger partial charge in [-0.1, -0.05) is 6.07 Å². The highest BCUT2D eigenvalue weighted by Gasteiger charge is 2.20. The summed E-state index contributed by atoms with van der Waals surface area (Å²) >= 11 is 0. The number of nitrogens with one attached hydrogen (secondary N) is 2. The molecule has 2 aromatic rings. The number of amides is 1. The van der Waals surface area contributed by atoms with Gasteiger partial charge in [-0.2, -0.15) is 0 Å². The van der Waals surface area contributed by atoms with Crippen molar-refractivity contribution in [2.75, 3.05) is 11.9 Å². The van der Waals surface area contributed by atoms with Crippen LogP contribution in [0.2, 0.25) is 0 Å². The Hall–Kier alpha value is -2.25. The van der Waals surface area contributed by atoms with E-state index in [-0.39, 0.29) is 30.7 Å². The van der Waals surface area contributed by atoms with Gasteiger partial charge in [0.15, 0.2) is 0 Å². The normalized spacial score (nSPS) is 21.7. The Bertz CT molecular complexity index is 744. The van der Waals surface area contributed by atoms with Crippen LogP contribution in [0.5, 0.6) is 0 Å². The van der Waals surface area contributed by atoms with Gasteiger partial charge in [0.05, 0.1) is 18.2 Å². The van der Waals surface area contributed by atoms with E-state index in [0.717, 1.165) is 31.1 Å². The number of aromatic nitrogens is 2. The van der Waals surface area contributed by atoms with Crippen molar-refractivity contribution in [1.29, 1.82) is 0 Å². The molecule has 0 aliphatic heterocycles. The van der Waals surface area contributed by atoms with Gasteiger partial charge < -0.3 is 20.8 Å². The van der Waals surface area contributed by atoms with Crippen LogP contribution in [-0.4, -0.2) is 50.9 Å².